The minimum Gasteiger partial charge on any atom is -0.376 e. The van der Waals surface area contributed by atoms with Crippen molar-refractivity contribution in [2.45, 2.75) is 90.3 Å². The number of rotatable bonds is 7. The highest BCUT2D eigenvalue weighted by Crippen LogP contribution is 2.56. The van der Waals surface area contributed by atoms with E-state index in [2.05, 4.69) is 69.1 Å². The van der Waals surface area contributed by atoms with Gasteiger partial charge in [0.15, 0.2) is 11.6 Å². The molecule has 8 aromatic rings. The standard InChI is InChI=1S/C47H47F2N11O4/c1-24-16-31(17-25(2)40(24)48)60-42(58-23-35(52-55-58)32-9-11-37-33(41(32)49)22-50-56(37)7)39-27(4)57(14-12-34(39)53-60)43(61)38-19-30-18-28(29-13-15-63-46(5,6)21-29)8-10-36(30)59(38)47(20-26(47)3)44-51-45(62)64-54-44/h8-11,16-19,22-23,26-27,29H,12-15,20-21H2,1-7H3,(H,51,54,62)/t26-,27-,29-,47-/m0/s1. The molecule has 1 aliphatic carbocycles. The number of carbonyl (C=O) groups excluding carboxylic acids is 1. The highest BCUT2D eigenvalue weighted by atomic mass is 19.1. The van der Waals surface area contributed by atoms with Gasteiger partial charge >= 0.3 is 5.76 Å². The van der Waals surface area contributed by atoms with E-state index < -0.39 is 23.2 Å². The molecule has 3 aromatic carbocycles. The molecule has 17 heteroatoms. The van der Waals surface area contributed by atoms with Crippen LogP contribution in [-0.4, -0.2) is 78.8 Å². The van der Waals surface area contributed by atoms with Crippen LogP contribution in [0.4, 0.5) is 8.78 Å². The maximum atomic E-state index is 16.0. The number of hydrogen-bond acceptors (Lipinski definition) is 9. The second-order valence-electron chi connectivity index (χ2n) is 18.5. The zero-order chi connectivity index (χ0) is 44.6. The molecule has 0 radical (unpaired) electrons. The van der Waals surface area contributed by atoms with Gasteiger partial charge in [0.25, 0.3) is 5.91 Å². The SMILES string of the molecule is Cc1cc(-n2nc3c(c2-n2cc(-c4ccc5c(cnn5C)c4F)nn2)[C@H](C)N(C(=O)c2cc4cc([C@H]5CCOC(C)(C)C5)ccc4n2[C@@]2(c4noc(=O)[nH]4)C[C@@H]2C)CC3)cc(C)c1F. The third-order valence-electron chi connectivity index (χ3n) is 14.0. The van der Waals surface area contributed by atoms with E-state index in [4.69, 9.17) is 14.4 Å². The highest BCUT2D eigenvalue weighted by molar-refractivity contribution is 6.00. The van der Waals surface area contributed by atoms with Gasteiger partial charge in [0.2, 0.25) is 0 Å². The first-order valence-corrected chi connectivity index (χ1v) is 21.7. The number of aromatic amines is 1. The molecule has 1 N–H and O–H groups in total. The Bertz CT molecular complexity index is 3250. The zero-order valence-corrected chi connectivity index (χ0v) is 36.6. The quantitative estimate of drug-likeness (QED) is 0.169. The fraction of sp³-hybridized carbons (Fsp3) is 0.383. The van der Waals surface area contributed by atoms with Crippen molar-refractivity contribution in [1.82, 2.24) is 54.2 Å². The lowest BCUT2D eigenvalue weighted by Crippen LogP contribution is -2.41. The number of H-pyrrole nitrogens is 1. The average molecular weight is 868 g/mol. The van der Waals surface area contributed by atoms with Crippen LogP contribution < -0.4 is 5.76 Å². The van der Waals surface area contributed by atoms with Crippen LogP contribution in [0.15, 0.2) is 70.2 Å². The van der Waals surface area contributed by atoms with Crippen LogP contribution in [0.25, 0.3) is 44.6 Å². The van der Waals surface area contributed by atoms with Gasteiger partial charge in [-0.1, -0.05) is 23.4 Å². The molecule has 328 valence electrons. The number of ether oxygens (including phenoxy) is 1. The Hall–Kier alpha value is -6.75. The van der Waals surface area contributed by atoms with Crippen LogP contribution in [0.5, 0.6) is 0 Å². The lowest BCUT2D eigenvalue weighted by atomic mass is 9.83. The Balaban J connectivity index is 1.04. The molecular formula is C47H47F2N11O4. The molecule has 1 saturated heterocycles. The molecule has 1 saturated carbocycles. The van der Waals surface area contributed by atoms with Gasteiger partial charge in [-0.25, -0.2) is 22.9 Å². The Kier molecular flexibility index (Phi) is 8.84. The van der Waals surface area contributed by atoms with Crippen molar-refractivity contribution in [3.05, 3.63) is 123 Å². The van der Waals surface area contributed by atoms with Gasteiger partial charge in [0.05, 0.1) is 46.3 Å². The summed E-state index contributed by atoms with van der Waals surface area (Å²) in [5.41, 5.74) is 5.52. The maximum absolute atomic E-state index is 16.0. The zero-order valence-electron chi connectivity index (χ0n) is 36.6. The number of benzene rings is 3. The van der Waals surface area contributed by atoms with E-state index in [1.54, 1.807) is 65.4 Å². The van der Waals surface area contributed by atoms with Crippen molar-refractivity contribution in [2.75, 3.05) is 13.2 Å². The highest BCUT2D eigenvalue weighted by Gasteiger charge is 2.59. The van der Waals surface area contributed by atoms with Crippen LogP contribution in [0.3, 0.4) is 0 Å². The van der Waals surface area contributed by atoms with Crippen molar-refractivity contribution in [1.29, 1.82) is 0 Å². The van der Waals surface area contributed by atoms with Gasteiger partial charge in [0.1, 0.15) is 28.6 Å². The van der Waals surface area contributed by atoms with Crippen LogP contribution >= 0.6 is 0 Å². The molecule has 0 unspecified atom stereocenters. The summed E-state index contributed by atoms with van der Waals surface area (Å²) in [7, 11) is 1.75. The van der Waals surface area contributed by atoms with Crippen LogP contribution in [0.2, 0.25) is 0 Å². The van der Waals surface area contributed by atoms with Crippen molar-refractivity contribution in [2.24, 2.45) is 13.0 Å². The van der Waals surface area contributed by atoms with E-state index in [1.807, 2.05) is 17.9 Å². The van der Waals surface area contributed by atoms with E-state index in [0.717, 1.165) is 35.0 Å². The first-order valence-electron chi connectivity index (χ1n) is 21.7. The molecule has 0 bridgehead atoms. The summed E-state index contributed by atoms with van der Waals surface area (Å²) in [5.74, 6) is -0.493. The minimum atomic E-state index is -0.829. The Labute approximate surface area is 365 Å². The van der Waals surface area contributed by atoms with E-state index in [9.17, 15) is 4.79 Å². The van der Waals surface area contributed by atoms with Crippen molar-refractivity contribution >= 4 is 27.7 Å². The molecule has 4 atom stereocenters. The molecule has 15 nitrogen and oxygen atoms in total. The van der Waals surface area contributed by atoms with E-state index in [0.29, 0.717) is 71.0 Å². The normalized spacial score (nSPS) is 21.8. The summed E-state index contributed by atoms with van der Waals surface area (Å²) >= 11 is 0. The number of fused-ring (bicyclic) bond motifs is 3. The first kappa shape index (κ1) is 40.1. The molecule has 3 aliphatic rings. The average Bonchev–Trinajstić information content (AvgIpc) is 3.94. The third kappa shape index (κ3) is 6.03. The van der Waals surface area contributed by atoms with Gasteiger partial charge in [0, 0.05) is 48.6 Å². The molecular weight excluding hydrogens is 821 g/mol. The number of nitrogens with one attached hydrogen (secondary N) is 1. The Morgan fingerprint density at radius 2 is 1.75 bits per heavy atom. The second kappa shape index (κ2) is 14.1. The maximum Gasteiger partial charge on any atom is 0.438 e. The van der Waals surface area contributed by atoms with Crippen LogP contribution in [0.1, 0.15) is 103 Å². The number of aromatic nitrogens is 10. The lowest BCUT2D eigenvalue weighted by Gasteiger charge is -2.35. The number of carbonyl (C=O) groups is 1. The molecule has 64 heavy (non-hydrogen) atoms. The summed E-state index contributed by atoms with van der Waals surface area (Å²) in [6.45, 7) is 12.7. The van der Waals surface area contributed by atoms with Gasteiger partial charge in [-0.05, 0) is 125 Å². The van der Waals surface area contributed by atoms with E-state index in [-0.39, 0.29) is 40.4 Å². The van der Waals surface area contributed by atoms with Crippen molar-refractivity contribution < 1.29 is 22.8 Å². The molecule has 1 amide bonds. The fourth-order valence-electron chi connectivity index (χ4n) is 10.6. The number of nitrogens with zero attached hydrogens (tertiary/aromatic N) is 10. The summed E-state index contributed by atoms with van der Waals surface area (Å²) in [5, 5.41) is 23.8. The van der Waals surface area contributed by atoms with Gasteiger partial charge in [-0.15, -0.1) is 5.10 Å². The molecule has 2 aliphatic heterocycles. The number of amides is 1. The summed E-state index contributed by atoms with van der Waals surface area (Å²) in [4.78, 5) is 32.6. The van der Waals surface area contributed by atoms with Crippen LogP contribution in [0, 0.1) is 31.4 Å². The minimum absolute atomic E-state index is 0.0226. The molecule has 2 fully saturated rings. The van der Waals surface area contributed by atoms with E-state index in [1.165, 1.54) is 11.8 Å². The molecule has 11 rings (SSSR count). The smallest absolute Gasteiger partial charge is 0.376 e. The second-order valence-corrected chi connectivity index (χ2v) is 18.5. The van der Waals surface area contributed by atoms with Gasteiger partial charge < -0.3 is 14.2 Å². The first-order chi connectivity index (χ1) is 30.6. The number of aryl methyl sites for hydroxylation is 3. The Morgan fingerprint density at radius 1 is 0.984 bits per heavy atom. The topological polar surface area (TPSA) is 160 Å². The monoisotopic (exact) mass is 867 g/mol. The summed E-state index contributed by atoms with van der Waals surface area (Å²) in [6, 6.07) is 14.7. The number of halogens is 2. The number of hydrogen-bond donors (Lipinski definition) is 1. The lowest BCUT2D eigenvalue weighted by molar-refractivity contribution is -0.0592. The van der Waals surface area contributed by atoms with Crippen LogP contribution in [-0.2, 0) is 23.7 Å². The summed E-state index contributed by atoms with van der Waals surface area (Å²) in [6.07, 6.45) is 5.93. The molecule has 0 spiro atoms. The van der Waals surface area contributed by atoms with Gasteiger partial charge in [-0.2, -0.15) is 10.2 Å². The predicted molar refractivity (Wildman–Crippen MR) is 233 cm³/mol. The third-order valence-corrected chi connectivity index (χ3v) is 14.0. The van der Waals surface area contributed by atoms with Crippen molar-refractivity contribution in [3.8, 4) is 22.8 Å². The Morgan fingerprint density at radius 3 is 2.47 bits per heavy atom. The molecule has 7 heterocycles. The van der Waals surface area contributed by atoms with Gasteiger partial charge in [-0.3, -0.25) is 19.0 Å². The fourth-order valence-corrected chi connectivity index (χ4v) is 10.6. The van der Waals surface area contributed by atoms with Crippen molar-refractivity contribution in [3.63, 3.8) is 0 Å². The molecule has 5 aromatic heterocycles. The largest absolute Gasteiger partial charge is 0.438 e. The van der Waals surface area contributed by atoms with E-state index >= 15 is 13.6 Å². The summed E-state index contributed by atoms with van der Waals surface area (Å²) < 4.78 is 49.2. The predicted octanol–water partition coefficient (Wildman–Crippen LogP) is 7.75.